The normalized spacial score (nSPS) is 15.0. The van der Waals surface area contributed by atoms with E-state index in [1.54, 1.807) is 6.07 Å². The Morgan fingerprint density at radius 2 is 1.81 bits per heavy atom. The molecule has 0 amide bonds. The number of sulfonamides is 1. The number of rotatable bonds is 6. The van der Waals surface area contributed by atoms with E-state index in [1.165, 1.54) is 22.5 Å². The lowest BCUT2D eigenvalue weighted by Crippen LogP contribution is -2.35. The largest absolute Gasteiger partial charge is 0.454 e. The molecule has 0 spiro atoms. The standard InChI is InChI=1S/C22H21ClN2O5S/c23-20-10-9-18(31(27,28)25-11-5-2-6-12-25)14-19(20)22(26)29-15-17-13-21(24-30-17)16-7-3-1-4-8-16/h1,3-4,7-10,13-14H,2,5-6,11-12,15H2. The Morgan fingerprint density at radius 1 is 1.06 bits per heavy atom. The van der Waals surface area contributed by atoms with Crippen molar-refractivity contribution in [3.05, 3.63) is 70.9 Å². The maximum atomic E-state index is 12.9. The number of piperidine rings is 1. The molecule has 0 radical (unpaired) electrons. The predicted octanol–water partition coefficient (Wildman–Crippen LogP) is 4.53. The first-order valence-electron chi connectivity index (χ1n) is 9.93. The lowest BCUT2D eigenvalue weighted by Gasteiger charge is -2.26. The third-order valence-electron chi connectivity index (χ3n) is 5.08. The van der Waals surface area contributed by atoms with Crippen LogP contribution in [-0.4, -0.2) is 36.9 Å². The predicted molar refractivity (Wildman–Crippen MR) is 115 cm³/mol. The van der Waals surface area contributed by atoms with Crippen LogP contribution in [0.2, 0.25) is 5.02 Å². The van der Waals surface area contributed by atoms with Crippen molar-refractivity contribution in [3.8, 4) is 11.3 Å². The van der Waals surface area contributed by atoms with Gasteiger partial charge in [-0.25, -0.2) is 13.2 Å². The average molecular weight is 461 g/mol. The van der Waals surface area contributed by atoms with Gasteiger partial charge in [0.05, 0.1) is 15.5 Å². The van der Waals surface area contributed by atoms with Crippen molar-refractivity contribution in [2.24, 2.45) is 0 Å². The summed E-state index contributed by atoms with van der Waals surface area (Å²) in [7, 11) is -3.69. The fourth-order valence-electron chi connectivity index (χ4n) is 3.42. The molecular formula is C22H21ClN2O5S. The second-order valence-electron chi connectivity index (χ2n) is 7.23. The van der Waals surface area contributed by atoms with E-state index in [0.717, 1.165) is 24.8 Å². The minimum absolute atomic E-state index is 0.0115. The molecule has 0 saturated carbocycles. The number of aromatic nitrogens is 1. The zero-order valence-electron chi connectivity index (χ0n) is 16.7. The molecule has 0 unspecified atom stereocenters. The van der Waals surface area contributed by atoms with Crippen molar-refractivity contribution in [1.82, 2.24) is 9.46 Å². The van der Waals surface area contributed by atoms with Crippen molar-refractivity contribution in [2.75, 3.05) is 13.1 Å². The summed E-state index contributed by atoms with van der Waals surface area (Å²) in [5, 5.41) is 4.09. The molecule has 0 N–H and O–H groups in total. The fourth-order valence-corrected chi connectivity index (χ4v) is 5.15. The van der Waals surface area contributed by atoms with Crippen molar-refractivity contribution in [1.29, 1.82) is 0 Å². The minimum atomic E-state index is -3.69. The van der Waals surface area contributed by atoms with Gasteiger partial charge in [-0.05, 0) is 31.0 Å². The number of benzene rings is 2. The Balaban J connectivity index is 1.47. The Kier molecular flexibility index (Phi) is 6.41. The molecule has 1 saturated heterocycles. The van der Waals surface area contributed by atoms with Gasteiger partial charge in [0, 0.05) is 24.7 Å². The highest BCUT2D eigenvalue weighted by atomic mass is 35.5. The number of esters is 1. The SMILES string of the molecule is O=C(OCc1cc(-c2ccccc2)no1)c1cc(S(=O)(=O)N2CCCCC2)ccc1Cl. The van der Waals surface area contributed by atoms with Crippen LogP contribution in [0.3, 0.4) is 0 Å². The summed E-state index contributed by atoms with van der Waals surface area (Å²) in [5.74, 6) is -0.376. The van der Waals surface area contributed by atoms with E-state index in [2.05, 4.69) is 5.16 Å². The first kappa shape index (κ1) is 21.5. The minimum Gasteiger partial charge on any atom is -0.454 e. The number of nitrogens with zero attached hydrogens (tertiary/aromatic N) is 2. The molecular weight excluding hydrogens is 440 g/mol. The van der Waals surface area contributed by atoms with Crippen LogP contribution in [-0.2, 0) is 21.4 Å². The van der Waals surface area contributed by atoms with Gasteiger partial charge in [-0.3, -0.25) is 0 Å². The second-order valence-corrected chi connectivity index (χ2v) is 9.57. The molecule has 2 aromatic carbocycles. The topological polar surface area (TPSA) is 89.7 Å². The van der Waals surface area contributed by atoms with Gasteiger partial charge in [0.2, 0.25) is 10.0 Å². The first-order valence-corrected chi connectivity index (χ1v) is 11.7. The fraction of sp³-hybridized carbons (Fsp3) is 0.273. The third-order valence-corrected chi connectivity index (χ3v) is 7.31. The van der Waals surface area contributed by atoms with Crippen molar-refractivity contribution in [3.63, 3.8) is 0 Å². The summed E-state index contributed by atoms with van der Waals surface area (Å²) in [5.41, 5.74) is 1.49. The summed E-state index contributed by atoms with van der Waals surface area (Å²) in [6.07, 6.45) is 2.66. The molecule has 1 aliphatic rings. The number of hydrogen-bond acceptors (Lipinski definition) is 6. The van der Waals surface area contributed by atoms with Crippen LogP contribution in [0, 0.1) is 0 Å². The Bertz CT molecular complexity index is 1170. The van der Waals surface area contributed by atoms with Crippen LogP contribution in [0.25, 0.3) is 11.3 Å². The molecule has 4 rings (SSSR count). The molecule has 0 bridgehead atoms. The lowest BCUT2D eigenvalue weighted by molar-refractivity contribution is 0.0437. The number of hydrogen-bond donors (Lipinski definition) is 0. The molecule has 7 nitrogen and oxygen atoms in total. The van der Waals surface area contributed by atoms with E-state index >= 15 is 0 Å². The zero-order chi connectivity index (χ0) is 21.8. The Hall–Kier alpha value is -2.68. The van der Waals surface area contributed by atoms with Gasteiger partial charge in [-0.1, -0.05) is 53.5 Å². The van der Waals surface area contributed by atoms with Crippen molar-refractivity contribution in [2.45, 2.75) is 30.8 Å². The highest BCUT2D eigenvalue weighted by molar-refractivity contribution is 7.89. The highest BCUT2D eigenvalue weighted by Crippen LogP contribution is 2.26. The zero-order valence-corrected chi connectivity index (χ0v) is 18.2. The van der Waals surface area contributed by atoms with E-state index in [-0.39, 0.29) is 22.1 Å². The summed E-state index contributed by atoms with van der Waals surface area (Å²) in [6.45, 7) is 0.790. The monoisotopic (exact) mass is 460 g/mol. The van der Waals surface area contributed by atoms with Crippen LogP contribution in [0.1, 0.15) is 35.4 Å². The molecule has 1 aromatic heterocycles. The van der Waals surface area contributed by atoms with Gasteiger partial charge >= 0.3 is 5.97 Å². The molecule has 1 aliphatic heterocycles. The van der Waals surface area contributed by atoms with E-state index in [1.807, 2.05) is 30.3 Å². The van der Waals surface area contributed by atoms with E-state index in [0.29, 0.717) is 24.5 Å². The lowest BCUT2D eigenvalue weighted by atomic mass is 10.1. The van der Waals surface area contributed by atoms with E-state index in [9.17, 15) is 13.2 Å². The molecule has 3 aromatic rings. The van der Waals surface area contributed by atoms with Gasteiger partial charge in [0.15, 0.2) is 12.4 Å². The molecule has 2 heterocycles. The van der Waals surface area contributed by atoms with Gasteiger partial charge in [-0.15, -0.1) is 0 Å². The van der Waals surface area contributed by atoms with Crippen LogP contribution >= 0.6 is 11.6 Å². The van der Waals surface area contributed by atoms with Crippen LogP contribution in [0.15, 0.2) is 64.0 Å². The smallest absolute Gasteiger partial charge is 0.340 e. The molecule has 31 heavy (non-hydrogen) atoms. The summed E-state index contributed by atoms with van der Waals surface area (Å²) >= 11 is 6.15. The maximum Gasteiger partial charge on any atom is 0.340 e. The summed E-state index contributed by atoms with van der Waals surface area (Å²) < 4.78 is 37.8. The van der Waals surface area contributed by atoms with Crippen LogP contribution in [0.5, 0.6) is 0 Å². The third kappa shape index (κ3) is 4.81. The molecule has 162 valence electrons. The van der Waals surface area contributed by atoms with Crippen LogP contribution in [0.4, 0.5) is 0 Å². The number of carbonyl (C=O) groups is 1. The maximum absolute atomic E-state index is 12.9. The second kappa shape index (κ2) is 9.21. The van der Waals surface area contributed by atoms with Gasteiger partial charge in [0.1, 0.15) is 5.69 Å². The highest BCUT2D eigenvalue weighted by Gasteiger charge is 2.27. The first-order chi connectivity index (χ1) is 14.9. The number of carbonyl (C=O) groups excluding carboxylic acids is 1. The van der Waals surface area contributed by atoms with E-state index in [4.69, 9.17) is 20.9 Å². The molecule has 9 heteroatoms. The molecule has 0 atom stereocenters. The molecule has 1 fully saturated rings. The summed E-state index contributed by atoms with van der Waals surface area (Å²) in [6, 6.07) is 15.2. The van der Waals surface area contributed by atoms with Gasteiger partial charge in [-0.2, -0.15) is 4.31 Å². The number of ether oxygens (including phenoxy) is 1. The molecule has 0 aliphatic carbocycles. The Labute approximate surface area is 185 Å². The Morgan fingerprint density at radius 3 is 2.55 bits per heavy atom. The number of halogens is 1. The average Bonchev–Trinajstić information content (AvgIpc) is 3.28. The van der Waals surface area contributed by atoms with Gasteiger partial charge < -0.3 is 9.26 Å². The van der Waals surface area contributed by atoms with Crippen molar-refractivity contribution < 1.29 is 22.5 Å². The quantitative estimate of drug-likeness (QED) is 0.502. The van der Waals surface area contributed by atoms with Crippen LogP contribution < -0.4 is 0 Å². The van der Waals surface area contributed by atoms with Gasteiger partial charge in [0.25, 0.3) is 0 Å². The van der Waals surface area contributed by atoms with E-state index < -0.39 is 16.0 Å². The summed E-state index contributed by atoms with van der Waals surface area (Å²) in [4.78, 5) is 12.6. The van der Waals surface area contributed by atoms with Crippen molar-refractivity contribution >= 4 is 27.6 Å².